The molecule has 1 heterocycles. The fourth-order valence-corrected chi connectivity index (χ4v) is 3.76. The highest BCUT2D eigenvalue weighted by Gasteiger charge is 2.20. The molecule has 0 amide bonds. The van der Waals surface area contributed by atoms with Crippen LogP contribution >= 0.6 is 22.6 Å². The van der Waals surface area contributed by atoms with E-state index in [0.29, 0.717) is 0 Å². The third-order valence-corrected chi connectivity index (χ3v) is 4.85. The highest BCUT2D eigenvalue weighted by atomic mass is 127. The fraction of sp³-hybridized carbons (Fsp3) is 0.118. The zero-order chi connectivity index (χ0) is 16.7. The molecule has 6 heteroatoms. The minimum Gasteiger partial charge on any atom is -0.507 e. The summed E-state index contributed by atoms with van der Waals surface area (Å²) in [6.07, 6.45) is 0. The van der Waals surface area contributed by atoms with E-state index in [1.54, 1.807) is 12.1 Å². The maximum absolute atomic E-state index is 13.5. The SMILES string of the molecule is COC(=O)c1cc2c(I)c(-c3cccc(F)c3)n(C)c2cc1O. The number of methoxy groups -OCH3 is 1. The molecule has 23 heavy (non-hydrogen) atoms. The predicted molar refractivity (Wildman–Crippen MR) is 94.0 cm³/mol. The van der Waals surface area contributed by atoms with Crippen LogP contribution in [0.1, 0.15) is 10.4 Å². The highest BCUT2D eigenvalue weighted by Crippen LogP contribution is 2.37. The van der Waals surface area contributed by atoms with Crippen LogP contribution in [-0.4, -0.2) is 22.8 Å². The second-order valence-corrected chi connectivity index (χ2v) is 6.19. The van der Waals surface area contributed by atoms with E-state index in [-0.39, 0.29) is 17.1 Å². The number of phenolic OH excluding ortho intramolecular Hbond substituents is 1. The first kappa shape index (κ1) is 15.8. The van der Waals surface area contributed by atoms with Crippen LogP contribution in [-0.2, 0) is 11.8 Å². The van der Waals surface area contributed by atoms with Gasteiger partial charge in [-0.15, -0.1) is 0 Å². The minimum atomic E-state index is -0.601. The lowest BCUT2D eigenvalue weighted by atomic mass is 10.1. The van der Waals surface area contributed by atoms with E-state index in [9.17, 15) is 14.3 Å². The number of rotatable bonds is 2. The molecule has 1 aromatic heterocycles. The van der Waals surface area contributed by atoms with E-state index in [4.69, 9.17) is 0 Å². The molecule has 0 radical (unpaired) electrons. The Morgan fingerprint density at radius 2 is 2.04 bits per heavy atom. The number of nitrogens with zero attached hydrogens (tertiary/aromatic N) is 1. The van der Waals surface area contributed by atoms with Crippen molar-refractivity contribution in [2.24, 2.45) is 7.05 Å². The van der Waals surface area contributed by atoms with Gasteiger partial charge in [-0.2, -0.15) is 0 Å². The van der Waals surface area contributed by atoms with Gasteiger partial charge in [0.05, 0.1) is 18.3 Å². The molecule has 118 valence electrons. The Balaban J connectivity index is 2.32. The number of benzene rings is 2. The monoisotopic (exact) mass is 425 g/mol. The summed E-state index contributed by atoms with van der Waals surface area (Å²) in [5.41, 5.74) is 2.40. The Hall–Kier alpha value is -2.09. The van der Waals surface area contributed by atoms with Crippen molar-refractivity contribution in [2.75, 3.05) is 7.11 Å². The molecule has 0 aliphatic rings. The third-order valence-electron chi connectivity index (χ3n) is 3.76. The van der Waals surface area contributed by atoms with E-state index in [1.165, 1.54) is 25.3 Å². The average molecular weight is 425 g/mol. The molecule has 0 saturated heterocycles. The standard InChI is InChI=1S/C17H13FINO3/c1-20-13-8-14(21)12(17(22)23-2)7-11(13)15(19)16(20)9-4-3-5-10(18)6-9/h3-8,21H,1-2H3. The number of esters is 1. The van der Waals surface area contributed by atoms with Gasteiger partial charge >= 0.3 is 5.97 Å². The molecular weight excluding hydrogens is 412 g/mol. The van der Waals surface area contributed by atoms with E-state index in [1.807, 2.05) is 17.7 Å². The summed E-state index contributed by atoms with van der Waals surface area (Å²) < 4.78 is 21.0. The Kier molecular flexibility index (Phi) is 4.01. The van der Waals surface area contributed by atoms with Crippen molar-refractivity contribution in [3.63, 3.8) is 0 Å². The smallest absolute Gasteiger partial charge is 0.341 e. The third kappa shape index (κ3) is 2.56. The topological polar surface area (TPSA) is 51.5 Å². The molecule has 3 aromatic rings. The van der Waals surface area contributed by atoms with Crippen LogP contribution in [0.15, 0.2) is 36.4 Å². The van der Waals surface area contributed by atoms with Gasteiger partial charge in [0.1, 0.15) is 17.1 Å². The quantitative estimate of drug-likeness (QED) is 0.498. The lowest BCUT2D eigenvalue weighted by molar-refractivity contribution is 0.0597. The molecule has 0 aliphatic carbocycles. The molecule has 0 fully saturated rings. The molecule has 4 nitrogen and oxygen atoms in total. The Bertz CT molecular complexity index is 933. The van der Waals surface area contributed by atoms with Crippen molar-refractivity contribution in [1.29, 1.82) is 0 Å². The number of halogens is 2. The van der Waals surface area contributed by atoms with Gasteiger partial charge in [0, 0.05) is 27.6 Å². The maximum Gasteiger partial charge on any atom is 0.341 e. The zero-order valence-electron chi connectivity index (χ0n) is 12.4. The number of aromatic hydroxyl groups is 1. The van der Waals surface area contributed by atoms with Crippen LogP contribution < -0.4 is 0 Å². The lowest BCUT2D eigenvalue weighted by Crippen LogP contribution is -2.01. The second kappa shape index (κ2) is 5.84. The molecule has 0 atom stereocenters. The first-order chi connectivity index (χ1) is 10.9. The number of carbonyl (C=O) groups excluding carboxylic acids is 1. The summed E-state index contributed by atoms with van der Waals surface area (Å²) in [5.74, 6) is -1.06. The van der Waals surface area contributed by atoms with Gasteiger partial charge in [0.2, 0.25) is 0 Å². The van der Waals surface area contributed by atoms with Crippen molar-refractivity contribution in [1.82, 2.24) is 4.57 Å². The number of aromatic nitrogens is 1. The molecule has 3 rings (SSSR count). The van der Waals surface area contributed by atoms with Gasteiger partial charge in [0.25, 0.3) is 0 Å². The van der Waals surface area contributed by atoms with Gasteiger partial charge in [-0.1, -0.05) is 12.1 Å². The van der Waals surface area contributed by atoms with E-state index in [0.717, 1.165) is 25.7 Å². The van der Waals surface area contributed by atoms with Crippen LogP contribution in [0.3, 0.4) is 0 Å². The first-order valence-corrected chi connectivity index (χ1v) is 7.87. The summed E-state index contributed by atoms with van der Waals surface area (Å²) in [5, 5.41) is 10.9. The van der Waals surface area contributed by atoms with E-state index >= 15 is 0 Å². The molecule has 1 N–H and O–H groups in total. The van der Waals surface area contributed by atoms with E-state index < -0.39 is 5.97 Å². The summed E-state index contributed by atoms with van der Waals surface area (Å²) in [6.45, 7) is 0. The first-order valence-electron chi connectivity index (χ1n) is 6.79. The van der Waals surface area contributed by atoms with Crippen LogP contribution in [0, 0.1) is 9.39 Å². The van der Waals surface area contributed by atoms with E-state index in [2.05, 4.69) is 27.3 Å². The van der Waals surface area contributed by atoms with Crippen molar-refractivity contribution < 1.29 is 19.0 Å². The number of hydrogen-bond donors (Lipinski definition) is 1. The zero-order valence-corrected chi connectivity index (χ0v) is 14.6. The number of aryl methyl sites for hydroxylation is 1. The number of carbonyl (C=O) groups is 1. The van der Waals surface area contributed by atoms with Crippen molar-refractivity contribution in [3.8, 4) is 17.0 Å². The lowest BCUT2D eigenvalue weighted by Gasteiger charge is -2.06. The van der Waals surface area contributed by atoms with Crippen molar-refractivity contribution in [3.05, 3.63) is 51.3 Å². The predicted octanol–water partition coefficient (Wildman–Crippen LogP) is 4.08. The molecular formula is C17H13FINO3. The van der Waals surface area contributed by atoms with Gasteiger partial charge < -0.3 is 14.4 Å². The fourth-order valence-electron chi connectivity index (χ4n) is 2.66. The summed E-state index contributed by atoms with van der Waals surface area (Å²) in [6, 6.07) is 9.43. The van der Waals surface area contributed by atoms with Crippen LogP contribution in [0.2, 0.25) is 0 Å². The number of fused-ring (bicyclic) bond motifs is 1. The second-order valence-electron chi connectivity index (χ2n) is 5.11. The van der Waals surface area contributed by atoms with Gasteiger partial charge in [-0.3, -0.25) is 0 Å². The molecule has 0 spiro atoms. The molecule has 0 bridgehead atoms. The van der Waals surface area contributed by atoms with Gasteiger partial charge in [-0.25, -0.2) is 9.18 Å². The highest BCUT2D eigenvalue weighted by molar-refractivity contribution is 14.1. The Morgan fingerprint density at radius 1 is 1.30 bits per heavy atom. The number of phenols is 1. The van der Waals surface area contributed by atoms with Crippen LogP contribution in [0.4, 0.5) is 4.39 Å². The van der Waals surface area contributed by atoms with Crippen LogP contribution in [0.5, 0.6) is 5.75 Å². The average Bonchev–Trinajstić information content (AvgIpc) is 2.76. The largest absolute Gasteiger partial charge is 0.507 e. The Labute approximate surface area is 145 Å². The molecule has 2 aromatic carbocycles. The summed E-state index contributed by atoms with van der Waals surface area (Å²) in [7, 11) is 3.10. The van der Waals surface area contributed by atoms with Gasteiger partial charge in [-0.05, 0) is 40.8 Å². The molecule has 0 aliphatic heterocycles. The Morgan fingerprint density at radius 3 is 2.70 bits per heavy atom. The number of hydrogen-bond acceptors (Lipinski definition) is 3. The van der Waals surface area contributed by atoms with Crippen molar-refractivity contribution in [2.45, 2.75) is 0 Å². The molecule has 0 unspecified atom stereocenters. The van der Waals surface area contributed by atoms with Crippen molar-refractivity contribution >= 4 is 39.5 Å². The number of ether oxygens (including phenoxy) is 1. The minimum absolute atomic E-state index is 0.106. The van der Waals surface area contributed by atoms with Gasteiger partial charge in [0.15, 0.2) is 0 Å². The maximum atomic E-state index is 13.5. The van der Waals surface area contributed by atoms with Crippen LogP contribution in [0.25, 0.3) is 22.2 Å². The normalized spacial score (nSPS) is 11.0. The summed E-state index contributed by atoms with van der Waals surface area (Å²) >= 11 is 2.16. The summed E-state index contributed by atoms with van der Waals surface area (Å²) in [4.78, 5) is 11.8. The molecule has 0 saturated carbocycles.